The molecule has 8 heteroatoms. The lowest BCUT2D eigenvalue weighted by Gasteiger charge is -2.32. The molecule has 0 radical (unpaired) electrons. The van der Waals surface area contributed by atoms with Crippen LogP contribution in [0.4, 0.5) is 4.39 Å². The van der Waals surface area contributed by atoms with Crippen LogP contribution in [0, 0.1) is 17.1 Å². The molecule has 6 nitrogen and oxygen atoms in total. The van der Waals surface area contributed by atoms with Crippen molar-refractivity contribution in [3.05, 3.63) is 65.5 Å². The number of sulfonamides is 1. The summed E-state index contributed by atoms with van der Waals surface area (Å²) in [6.07, 6.45) is 2.66. The Bertz CT molecular complexity index is 1030. The molecule has 1 aliphatic heterocycles. The SMILES string of the molecule is CC1CCCCN1S(=O)(=O)c1ccc(C(=O)NC(C#N)c2ccccc2F)cc1. The molecule has 1 N–H and O–H groups in total. The highest BCUT2D eigenvalue weighted by molar-refractivity contribution is 7.89. The molecule has 0 spiro atoms. The van der Waals surface area contributed by atoms with Crippen LogP contribution < -0.4 is 5.32 Å². The van der Waals surface area contributed by atoms with Gasteiger partial charge in [0, 0.05) is 23.7 Å². The van der Waals surface area contributed by atoms with Gasteiger partial charge in [-0.05, 0) is 50.1 Å². The first-order valence-electron chi connectivity index (χ1n) is 9.41. The summed E-state index contributed by atoms with van der Waals surface area (Å²) in [5.41, 5.74) is 0.258. The summed E-state index contributed by atoms with van der Waals surface area (Å²) >= 11 is 0. The summed E-state index contributed by atoms with van der Waals surface area (Å²) in [5, 5.41) is 11.8. The second kappa shape index (κ2) is 8.72. The number of hydrogen-bond donors (Lipinski definition) is 1. The number of carbonyl (C=O) groups is 1. The van der Waals surface area contributed by atoms with Gasteiger partial charge in [-0.2, -0.15) is 9.57 Å². The van der Waals surface area contributed by atoms with Crippen molar-refractivity contribution in [3.8, 4) is 6.07 Å². The molecule has 1 saturated heterocycles. The molecule has 1 fully saturated rings. The fraction of sp³-hybridized carbons (Fsp3) is 0.333. The number of halogens is 1. The van der Waals surface area contributed by atoms with Gasteiger partial charge in [0.05, 0.1) is 11.0 Å². The number of benzene rings is 2. The van der Waals surface area contributed by atoms with Crippen LogP contribution in [0.2, 0.25) is 0 Å². The number of amides is 1. The van der Waals surface area contributed by atoms with E-state index in [4.69, 9.17) is 0 Å². The van der Waals surface area contributed by atoms with Crippen molar-refractivity contribution in [1.82, 2.24) is 9.62 Å². The van der Waals surface area contributed by atoms with Crippen LogP contribution in [-0.2, 0) is 10.0 Å². The van der Waals surface area contributed by atoms with E-state index < -0.39 is 27.8 Å². The molecule has 2 unspecified atom stereocenters. The third-order valence-electron chi connectivity index (χ3n) is 5.09. The van der Waals surface area contributed by atoms with E-state index >= 15 is 0 Å². The van der Waals surface area contributed by atoms with Crippen LogP contribution in [0.5, 0.6) is 0 Å². The Balaban J connectivity index is 1.76. The molecule has 0 aromatic heterocycles. The van der Waals surface area contributed by atoms with Gasteiger partial charge in [0.2, 0.25) is 10.0 Å². The van der Waals surface area contributed by atoms with Crippen molar-refractivity contribution in [2.24, 2.45) is 0 Å². The van der Waals surface area contributed by atoms with Gasteiger partial charge in [0.1, 0.15) is 11.9 Å². The number of hydrogen-bond acceptors (Lipinski definition) is 4. The number of nitriles is 1. The Labute approximate surface area is 170 Å². The second-order valence-electron chi connectivity index (χ2n) is 7.04. The van der Waals surface area contributed by atoms with Gasteiger partial charge < -0.3 is 5.32 Å². The van der Waals surface area contributed by atoms with Gasteiger partial charge in [-0.3, -0.25) is 4.79 Å². The van der Waals surface area contributed by atoms with E-state index in [9.17, 15) is 22.9 Å². The van der Waals surface area contributed by atoms with Crippen LogP contribution >= 0.6 is 0 Å². The highest BCUT2D eigenvalue weighted by Gasteiger charge is 2.31. The third kappa shape index (κ3) is 4.47. The molecule has 0 saturated carbocycles. The second-order valence-corrected chi connectivity index (χ2v) is 8.93. The number of piperidine rings is 1. The highest BCUT2D eigenvalue weighted by atomic mass is 32.2. The maximum atomic E-state index is 13.9. The quantitative estimate of drug-likeness (QED) is 0.811. The molecule has 0 bridgehead atoms. The average Bonchev–Trinajstić information content (AvgIpc) is 2.72. The van der Waals surface area contributed by atoms with Gasteiger partial charge in [-0.25, -0.2) is 12.8 Å². The fourth-order valence-electron chi connectivity index (χ4n) is 3.45. The Morgan fingerprint density at radius 2 is 1.90 bits per heavy atom. The Morgan fingerprint density at radius 1 is 1.21 bits per heavy atom. The molecule has 1 heterocycles. The summed E-state index contributed by atoms with van der Waals surface area (Å²) in [6, 6.07) is 11.9. The van der Waals surface area contributed by atoms with Crippen molar-refractivity contribution < 1.29 is 17.6 Å². The molecule has 0 aliphatic carbocycles. The van der Waals surface area contributed by atoms with E-state index in [1.165, 1.54) is 46.8 Å². The third-order valence-corrected chi connectivity index (χ3v) is 7.11. The van der Waals surface area contributed by atoms with E-state index in [-0.39, 0.29) is 22.1 Å². The first-order chi connectivity index (χ1) is 13.8. The molecular weight excluding hydrogens is 393 g/mol. The van der Waals surface area contributed by atoms with Crippen molar-refractivity contribution in [3.63, 3.8) is 0 Å². The first-order valence-corrected chi connectivity index (χ1v) is 10.9. The number of nitrogens with one attached hydrogen (secondary N) is 1. The summed E-state index contributed by atoms with van der Waals surface area (Å²) < 4.78 is 41.1. The zero-order valence-electron chi connectivity index (χ0n) is 16.0. The number of nitrogens with zero attached hydrogens (tertiary/aromatic N) is 2. The van der Waals surface area contributed by atoms with Crippen LogP contribution in [0.15, 0.2) is 53.4 Å². The normalized spacial score (nSPS) is 18.6. The highest BCUT2D eigenvalue weighted by Crippen LogP contribution is 2.25. The predicted octanol–water partition coefficient (Wildman–Crippen LogP) is 3.38. The minimum Gasteiger partial charge on any atom is -0.332 e. The minimum absolute atomic E-state index is 0.0612. The molecule has 2 aromatic rings. The van der Waals surface area contributed by atoms with Gasteiger partial charge in [-0.15, -0.1) is 0 Å². The molecule has 2 aromatic carbocycles. The standard InChI is InChI=1S/C21H22FN3O3S/c1-15-6-4-5-13-25(15)29(27,28)17-11-9-16(10-12-17)21(26)24-20(14-23)18-7-2-3-8-19(18)22/h2-3,7-12,15,20H,4-6,13H2,1H3,(H,24,26). The van der Waals surface area contributed by atoms with Crippen LogP contribution in [0.1, 0.15) is 48.1 Å². The van der Waals surface area contributed by atoms with E-state index in [1.807, 2.05) is 13.0 Å². The van der Waals surface area contributed by atoms with Crippen LogP contribution in [0.3, 0.4) is 0 Å². The molecule has 152 valence electrons. The largest absolute Gasteiger partial charge is 0.332 e. The summed E-state index contributed by atoms with van der Waals surface area (Å²) in [6.45, 7) is 2.38. The topological polar surface area (TPSA) is 90.3 Å². The van der Waals surface area contributed by atoms with Crippen molar-refractivity contribution >= 4 is 15.9 Å². The fourth-order valence-corrected chi connectivity index (χ4v) is 5.15. The van der Waals surface area contributed by atoms with Gasteiger partial charge in [-0.1, -0.05) is 24.6 Å². The minimum atomic E-state index is -3.63. The Hall–Kier alpha value is -2.76. The van der Waals surface area contributed by atoms with Crippen LogP contribution in [-0.4, -0.2) is 31.2 Å². The van der Waals surface area contributed by atoms with Crippen molar-refractivity contribution in [2.75, 3.05) is 6.54 Å². The van der Waals surface area contributed by atoms with E-state index in [2.05, 4.69) is 5.32 Å². The predicted molar refractivity (Wildman–Crippen MR) is 106 cm³/mol. The van der Waals surface area contributed by atoms with E-state index in [0.29, 0.717) is 6.54 Å². The molecule has 1 aliphatic rings. The monoisotopic (exact) mass is 415 g/mol. The molecular formula is C21H22FN3O3S. The zero-order chi connectivity index (χ0) is 21.0. The molecule has 2 atom stereocenters. The van der Waals surface area contributed by atoms with Gasteiger partial charge >= 0.3 is 0 Å². The van der Waals surface area contributed by atoms with Crippen LogP contribution in [0.25, 0.3) is 0 Å². The molecule has 3 rings (SSSR count). The maximum Gasteiger partial charge on any atom is 0.252 e. The lowest BCUT2D eigenvalue weighted by Crippen LogP contribution is -2.41. The number of rotatable bonds is 5. The lowest BCUT2D eigenvalue weighted by atomic mass is 10.1. The average molecular weight is 415 g/mol. The van der Waals surface area contributed by atoms with Crippen molar-refractivity contribution in [1.29, 1.82) is 5.26 Å². The lowest BCUT2D eigenvalue weighted by molar-refractivity contribution is 0.0944. The summed E-state index contributed by atoms with van der Waals surface area (Å²) in [4.78, 5) is 12.6. The van der Waals surface area contributed by atoms with E-state index in [1.54, 1.807) is 6.07 Å². The molecule has 1 amide bonds. The van der Waals surface area contributed by atoms with E-state index in [0.717, 1.165) is 19.3 Å². The smallest absolute Gasteiger partial charge is 0.252 e. The first kappa shape index (κ1) is 21.0. The maximum absolute atomic E-state index is 13.9. The molecule has 29 heavy (non-hydrogen) atoms. The number of carbonyl (C=O) groups excluding carboxylic acids is 1. The van der Waals surface area contributed by atoms with Gasteiger partial charge in [0.25, 0.3) is 5.91 Å². The van der Waals surface area contributed by atoms with Gasteiger partial charge in [0.15, 0.2) is 0 Å². The summed E-state index contributed by atoms with van der Waals surface area (Å²) in [7, 11) is -3.63. The summed E-state index contributed by atoms with van der Waals surface area (Å²) in [5.74, 6) is -1.17. The Kier molecular flexibility index (Phi) is 6.30. The van der Waals surface area contributed by atoms with Crippen molar-refractivity contribution in [2.45, 2.75) is 43.2 Å². The zero-order valence-corrected chi connectivity index (χ0v) is 16.8. The Morgan fingerprint density at radius 3 is 2.52 bits per heavy atom.